The van der Waals surface area contributed by atoms with Crippen molar-refractivity contribution in [2.75, 3.05) is 12.2 Å². The van der Waals surface area contributed by atoms with E-state index in [1.807, 2.05) is 9.63 Å². The summed E-state index contributed by atoms with van der Waals surface area (Å²) >= 11 is 0. The van der Waals surface area contributed by atoms with Gasteiger partial charge >= 0.3 is 5.69 Å². The van der Waals surface area contributed by atoms with Gasteiger partial charge in [0, 0.05) is 13.6 Å². The highest BCUT2D eigenvalue weighted by molar-refractivity contribution is 5.84. The van der Waals surface area contributed by atoms with Crippen molar-refractivity contribution in [2.45, 2.75) is 91.1 Å². The summed E-state index contributed by atoms with van der Waals surface area (Å²) in [4.78, 5) is 28.0. The molecule has 0 N–H and O–H groups in total. The highest BCUT2D eigenvalue weighted by atomic mass is 16.7. The molecule has 0 aromatic carbocycles. The van der Waals surface area contributed by atoms with E-state index in [0.717, 1.165) is 24.8 Å². The third-order valence-corrected chi connectivity index (χ3v) is 10.4. The predicted molar refractivity (Wildman–Crippen MR) is 136 cm³/mol. The highest BCUT2D eigenvalue weighted by Gasteiger charge is 2.54. The van der Waals surface area contributed by atoms with Crippen molar-refractivity contribution in [1.29, 1.82) is 0 Å². The van der Waals surface area contributed by atoms with Crippen LogP contribution in [-0.2, 0) is 18.4 Å². The van der Waals surface area contributed by atoms with Gasteiger partial charge in [-0.3, -0.25) is 14.0 Å². The second-order valence-corrected chi connectivity index (χ2v) is 12.0. The molecule has 186 valence electrons. The highest BCUT2D eigenvalue weighted by Crippen LogP contribution is 2.63. The van der Waals surface area contributed by atoms with Gasteiger partial charge in [-0.25, -0.2) is 19.8 Å². The van der Waals surface area contributed by atoms with Crippen molar-refractivity contribution in [3.8, 4) is 0 Å². The number of fused-ring (bicyclic) bond motifs is 1. The smallest absolute Gasteiger partial charge is 0.287 e. The minimum absolute atomic E-state index is 0.0404. The number of allylic oxidation sites excluding steroid dienone is 1. The minimum Gasteiger partial charge on any atom is -0.287 e. The summed E-state index contributed by atoms with van der Waals surface area (Å²) in [6.07, 6.45) is 10.8. The second-order valence-electron chi connectivity index (χ2n) is 12.0. The minimum atomic E-state index is -0.275. The van der Waals surface area contributed by atoms with Crippen LogP contribution in [0.25, 0.3) is 11.2 Å². The van der Waals surface area contributed by atoms with Crippen molar-refractivity contribution >= 4 is 17.0 Å². The van der Waals surface area contributed by atoms with E-state index in [1.165, 1.54) is 37.7 Å². The Bertz CT molecular complexity index is 1180. The SMILES string of the molecule is C=C1CCC[C@H]2[C@](C)(CC[C@@]3(C)CCn4c(=O)n(C)c5ncnc(c54)N3OC)[C@@H](C)CC[C@]12C. The Hall–Kier alpha value is -2.15. The standard InChI is InChI=1S/C27H41N5O2/c1-18-9-8-10-20-26(18,4)12-11-19(2)27(20,5)14-13-25(3)15-16-31-21-22(30(6)24(31)33)28-17-29-23(21)32(25)34-7/h17,19-20H,1,8-16H2,2-7H3/t19-,20+,25-,26+,27+/m0/s1. The molecule has 0 radical (unpaired) electrons. The topological polar surface area (TPSA) is 65.2 Å². The third kappa shape index (κ3) is 3.15. The van der Waals surface area contributed by atoms with E-state index in [1.54, 1.807) is 25.1 Å². The van der Waals surface area contributed by atoms with Crippen molar-refractivity contribution in [1.82, 2.24) is 19.1 Å². The molecular weight excluding hydrogens is 426 g/mol. The molecule has 2 aromatic heterocycles. The molecule has 2 saturated carbocycles. The molecule has 1 aliphatic heterocycles. The number of aryl methyl sites for hydroxylation is 2. The van der Waals surface area contributed by atoms with Crippen LogP contribution in [0.2, 0.25) is 0 Å². The first-order valence-corrected chi connectivity index (χ1v) is 13.0. The van der Waals surface area contributed by atoms with E-state index >= 15 is 0 Å². The van der Waals surface area contributed by atoms with Crippen molar-refractivity contribution < 1.29 is 4.84 Å². The van der Waals surface area contributed by atoms with Crippen LogP contribution in [0.1, 0.15) is 79.1 Å². The van der Waals surface area contributed by atoms with Gasteiger partial charge < -0.3 is 0 Å². The molecule has 2 aromatic rings. The Kier molecular flexibility index (Phi) is 5.51. The Morgan fingerprint density at radius 2 is 1.94 bits per heavy atom. The molecule has 7 heteroatoms. The summed E-state index contributed by atoms with van der Waals surface area (Å²) in [7, 11) is 3.49. The summed E-state index contributed by atoms with van der Waals surface area (Å²) in [6.45, 7) is 14.9. The molecule has 2 aliphatic carbocycles. The quantitative estimate of drug-likeness (QED) is 0.576. The number of imidazole rings is 1. The molecule has 0 amide bonds. The van der Waals surface area contributed by atoms with Gasteiger partial charge in [-0.1, -0.05) is 32.9 Å². The van der Waals surface area contributed by atoms with Crippen LogP contribution in [0, 0.1) is 22.7 Å². The van der Waals surface area contributed by atoms with E-state index in [0.29, 0.717) is 29.8 Å². The van der Waals surface area contributed by atoms with Gasteiger partial charge in [-0.2, -0.15) is 0 Å². The van der Waals surface area contributed by atoms with Crippen LogP contribution < -0.4 is 10.8 Å². The van der Waals surface area contributed by atoms with E-state index in [4.69, 9.17) is 4.84 Å². The number of hydrogen-bond donors (Lipinski definition) is 0. The molecule has 34 heavy (non-hydrogen) atoms. The average molecular weight is 468 g/mol. The normalized spacial score (nSPS) is 35.9. The molecular formula is C27H41N5O2. The molecule has 0 saturated heterocycles. The number of aromatic nitrogens is 4. The Morgan fingerprint density at radius 3 is 2.68 bits per heavy atom. The van der Waals surface area contributed by atoms with Gasteiger partial charge in [0.15, 0.2) is 11.5 Å². The molecule has 5 atom stereocenters. The van der Waals surface area contributed by atoms with Crippen LogP contribution in [-0.4, -0.2) is 31.8 Å². The lowest BCUT2D eigenvalue weighted by Gasteiger charge is -2.59. The van der Waals surface area contributed by atoms with Crippen molar-refractivity contribution in [2.24, 2.45) is 29.7 Å². The van der Waals surface area contributed by atoms with Crippen LogP contribution in [0.4, 0.5) is 5.82 Å². The zero-order valence-corrected chi connectivity index (χ0v) is 21.9. The molecule has 3 heterocycles. The molecule has 0 spiro atoms. The van der Waals surface area contributed by atoms with Gasteiger partial charge in [0.1, 0.15) is 11.8 Å². The van der Waals surface area contributed by atoms with Gasteiger partial charge in [-0.05, 0) is 81.0 Å². The van der Waals surface area contributed by atoms with Gasteiger partial charge in [0.2, 0.25) is 0 Å². The van der Waals surface area contributed by atoms with Gasteiger partial charge in [0.05, 0.1) is 12.6 Å². The van der Waals surface area contributed by atoms with Crippen molar-refractivity contribution in [3.05, 3.63) is 29.0 Å². The summed E-state index contributed by atoms with van der Waals surface area (Å²) in [5.41, 5.74) is 3.09. The number of hydroxylamine groups is 1. The van der Waals surface area contributed by atoms with E-state index in [9.17, 15) is 4.79 Å². The van der Waals surface area contributed by atoms with Crippen LogP contribution in [0.15, 0.2) is 23.3 Å². The van der Waals surface area contributed by atoms with Gasteiger partial charge in [-0.15, -0.1) is 0 Å². The fourth-order valence-electron chi connectivity index (χ4n) is 7.74. The van der Waals surface area contributed by atoms with Crippen LogP contribution in [0.5, 0.6) is 0 Å². The average Bonchev–Trinajstić information content (AvgIpc) is 2.98. The van der Waals surface area contributed by atoms with E-state index in [2.05, 4.69) is 44.2 Å². The molecule has 0 bridgehead atoms. The van der Waals surface area contributed by atoms with Crippen LogP contribution in [0.3, 0.4) is 0 Å². The Labute approximate surface area is 203 Å². The fourth-order valence-corrected chi connectivity index (χ4v) is 7.74. The predicted octanol–water partition coefficient (Wildman–Crippen LogP) is 5.24. The zero-order valence-electron chi connectivity index (χ0n) is 21.9. The maximum atomic E-state index is 13.0. The summed E-state index contributed by atoms with van der Waals surface area (Å²) in [5.74, 6) is 2.04. The summed E-state index contributed by atoms with van der Waals surface area (Å²) < 4.78 is 3.44. The zero-order chi connectivity index (χ0) is 24.5. The van der Waals surface area contributed by atoms with E-state index in [-0.39, 0.29) is 22.1 Å². The number of nitrogens with zero attached hydrogens (tertiary/aromatic N) is 5. The maximum Gasteiger partial charge on any atom is 0.330 e. The first-order chi connectivity index (χ1) is 16.1. The second kappa shape index (κ2) is 7.94. The lowest BCUT2D eigenvalue weighted by Crippen LogP contribution is -2.52. The first-order valence-electron chi connectivity index (χ1n) is 13.0. The molecule has 0 unspecified atom stereocenters. The number of rotatable bonds is 4. The third-order valence-electron chi connectivity index (χ3n) is 10.4. The largest absolute Gasteiger partial charge is 0.330 e. The number of hydrogen-bond acceptors (Lipinski definition) is 5. The van der Waals surface area contributed by atoms with E-state index < -0.39 is 0 Å². The Balaban J connectivity index is 1.50. The van der Waals surface area contributed by atoms with Crippen molar-refractivity contribution in [3.63, 3.8) is 0 Å². The lowest BCUT2D eigenvalue weighted by molar-refractivity contribution is -0.0613. The summed E-state index contributed by atoms with van der Waals surface area (Å²) in [5, 5.41) is 1.97. The molecule has 5 rings (SSSR count). The lowest BCUT2D eigenvalue weighted by atomic mass is 9.46. The molecule has 7 nitrogen and oxygen atoms in total. The fraction of sp³-hybridized carbons (Fsp3) is 0.741. The molecule has 3 aliphatic rings. The molecule has 2 fully saturated rings. The summed E-state index contributed by atoms with van der Waals surface area (Å²) in [6, 6.07) is 0. The Morgan fingerprint density at radius 1 is 1.18 bits per heavy atom. The first kappa shape index (κ1) is 23.6. The van der Waals surface area contributed by atoms with Gasteiger partial charge in [0.25, 0.3) is 0 Å². The number of anilines is 1. The maximum absolute atomic E-state index is 13.0. The monoisotopic (exact) mass is 467 g/mol. The van der Waals surface area contributed by atoms with Crippen LogP contribution >= 0.6 is 0 Å².